The van der Waals surface area contributed by atoms with Gasteiger partial charge in [0.25, 0.3) is 0 Å². The number of hydrogen-bond donors (Lipinski definition) is 1. The molecule has 0 saturated carbocycles. The fourth-order valence-electron chi connectivity index (χ4n) is 8.96. The van der Waals surface area contributed by atoms with Gasteiger partial charge in [0.15, 0.2) is 6.10 Å². The van der Waals surface area contributed by atoms with Crippen LogP contribution in [0.25, 0.3) is 0 Å². The maximum absolute atomic E-state index is 12.8. The van der Waals surface area contributed by atoms with Crippen LogP contribution in [-0.4, -0.2) is 74.9 Å². The van der Waals surface area contributed by atoms with Crippen molar-refractivity contribution in [3.8, 4) is 0 Å². The average Bonchev–Trinajstić information content (AvgIpc) is 3.36. The van der Waals surface area contributed by atoms with Crippen LogP contribution in [-0.2, 0) is 32.7 Å². The van der Waals surface area contributed by atoms with Crippen molar-refractivity contribution < 1.29 is 42.1 Å². The van der Waals surface area contributed by atoms with Crippen LogP contribution < -0.4 is 0 Å². The van der Waals surface area contributed by atoms with Crippen LogP contribution >= 0.6 is 7.82 Å². The molecule has 0 aliphatic carbocycles. The van der Waals surface area contributed by atoms with Crippen LogP contribution in [0.15, 0.2) is 48.6 Å². The molecular weight excluding hydrogens is 942 g/mol. The fraction of sp³-hybridized carbons (Fsp3) is 0.844. The van der Waals surface area contributed by atoms with E-state index in [4.69, 9.17) is 18.5 Å². The van der Waals surface area contributed by atoms with Gasteiger partial charge in [-0.05, 0) is 77.0 Å². The van der Waals surface area contributed by atoms with Gasteiger partial charge >= 0.3 is 19.8 Å². The first-order chi connectivity index (χ1) is 36.0. The van der Waals surface area contributed by atoms with Crippen molar-refractivity contribution in [1.29, 1.82) is 0 Å². The lowest BCUT2D eigenvalue weighted by Gasteiger charge is -2.24. The number of ether oxygens (including phenoxy) is 2. The molecule has 434 valence electrons. The number of allylic oxidation sites excluding steroid dienone is 8. The first-order valence-corrected chi connectivity index (χ1v) is 32.9. The second kappa shape index (κ2) is 55.7. The maximum Gasteiger partial charge on any atom is 0.472 e. The minimum atomic E-state index is -4.39. The summed E-state index contributed by atoms with van der Waals surface area (Å²) in [6.07, 6.45) is 70.6. The second-order valence-electron chi connectivity index (χ2n) is 22.4. The molecule has 0 amide bonds. The van der Waals surface area contributed by atoms with Crippen LogP contribution in [0.1, 0.15) is 296 Å². The molecule has 0 aromatic carbocycles. The summed E-state index contributed by atoms with van der Waals surface area (Å²) in [5.41, 5.74) is 0. The Morgan fingerprint density at radius 2 is 0.730 bits per heavy atom. The molecule has 0 radical (unpaired) electrons. The number of esters is 2. The lowest BCUT2D eigenvalue weighted by molar-refractivity contribution is -0.870. The Kier molecular flexibility index (Phi) is 54.2. The molecular formula is C64H121NO8P+. The highest BCUT2D eigenvalue weighted by atomic mass is 31.2. The predicted octanol–water partition coefficient (Wildman–Crippen LogP) is 19.7. The van der Waals surface area contributed by atoms with Crippen molar-refractivity contribution >= 4 is 19.8 Å². The van der Waals surface area contributed by atoms with E-state index in [1.165, 1.54) is 193 Å². The third-order valence-corrected chi connectivity index (χ3v) is 14.8. The Labute approximate surface area is 458 Å². The summed E-state index contributed by atoms with van der Waals surface area (Å²) < 4.78 is 34.6. The SMILES string of the molecule is CCCCC/C=C\C/C=C\C/C=C\CCCCCCCCC(=O)OC(COC(=O)CCCCCCCCCCCCCCCCCCCCC/C=C\CCCCCCCCCC)COP(=O)(O)OCC[N+](C)(C)C. The monoisotopic (exact) mass is 1060 g/mol. The number of unbranched alkanes of at least 4 members (excludes halogenated alkanes) is 36. The molecule has 0 aromatic rings. The highest BCUT2D eigenvalue weighted by Crippen LogP contribution is 2.43. The zero-order chi connectivity index (χ0) is 54.2. The van der Waals surface area contributed by atoms with E-state index in [1.807, 2.05) is 21.1 Å². The smallest absolute Gasteiger partial charge is 0.462 e. The number of carbonyl (C=O) groups excluding carboxylic acids is 2. The zero-order valence-electron chi connectivity index (χ0n) is 49.3. The van der Waals surface area contributed by atoms with Crippen molar-refractivity contribution in [3.63, 3.8) is 0 Å². The molecule has 1 N–H and O–H groups in total. The Balaban J connectivity index is 4.05. The zero-order valence-corrected chi connectivity index (χ0v) is 50.2. The normalized spacial score (nSPS) is 13.5. The second-order valence-corrected chi connectivity index (χ2v) is 23.9. The summed E-state index contributed by atoms with van der Waals surface area (Å²) in [6, 6.07) is 0. The van der Waals surface area contributed by atoms with Gasteiger partial charge in [-0.2, -0.15) is 0 Å². The summed E-state index contributed by atoms with van der Waals surface area (Å²) in [5, 5.41) is 0. The van der Waals surface area contributed by atoms with Gasteiger partial charge in [0.2, 0.25) is 0 Å². The first-order valence-electron chi connectivity index (χ1n) is 31.4. The predicted molar refractivity (Wildman–Crippen MR) is 317 cm³/mol. The molecule has 74 heavy (non-hydrogen) atoms. The number of hydrogen-bond acceptors (Lipinski definition) is 7. The third kappa shape index (κ3) is 59.2. The molecule has 0 bridgehead atoms. The van der Waals surface area contributed by atoms with E-state index in [2.05, 4.69) is 62.5 Å². The van der Waals surface area contributed by atoms with Crippen LogP contribution in [0, 0.1) is 0 Å². The highest BCUT2D eigenvalue weighted by molar-refractivity contribution is 7.47. The molecule has 10 heteroatoms. The number of likely N-dealkylation sites (N-methyl/N-ethyl adjacent to an activating group) is 1. The summed E-state index contributed by atoms with van der Waals surface area (Å²) >= 11 is 0. The molecule has 0 aliphatic rings. The van der Waals surface area contributed by atoms with E-state index in [9.17, 15) is 19.0 Å². The number of carbonyl (C=O) groups is 2. The molecule has 0 heterocycles. The van der Waals surface area contributed by atoms with Gasteiger partial charge in [0.05, 0.1) is 27.7 Å². The minimum absolute atomic E-state index is 0.0291. The Morgan fingerprint density at radius 3 is 1.12 bits per heavy atom. The van der Waals surface area contributed by atoms with Gasteiger partial charge in [-0.3, -0.25) is 18.6 Å². The Hall–Kier alpha value is -2.03. The van der Waals surface area contributed by atoms with Crippen molar-refractivity contribution in [2.45, 2.75) is 302 Å². The average molecular weight is 1060 g/mol. The maximum atomic E-state index is 12.8. The van der Waals surface area contributed by atoms with Gasteiger partial charge in [0, 0.05) is 12.8 Å². The molecule has 0 rings (SSSR count). The summed E-state index contributed by atoms with van der Waals surface area (Å²) in [7, 11) is 1.47. The van der Waals surface area contributed by atoms with Crippen LogP contribution in [0.5, 0.6) is 0 Å². The fourth-order valence-corrected chi connectivity index (χ4v) is 9.70. The Bertz CT molecular complexity index is 1390. The van der Waals surface area contributed by atoms with E-state index < -0.39 is 26.5 Å². The third-order valence-electron chi connectivity index (χ3n) is 13.8. The number of phosphoric ester groups is 1. The molecule has 0 saturated heterocycles. The number of phosphoric acid groups is 1. The van der Waals surface area contributed by atoms with Gasteiger partial charge in [-0.25, -0.2) is 4.57 Å². The van der Waals surface area contributed by atoms with Gasteiger partial charge in [0.1, 0.15) is 19.8 Å². The summed E-state index contributed by atoms with van der Waals surface area (Å²) in [5.74, 6) is -0.801. The highest BCUT2D eigenvalue weighted by Gasteiger charge is 2.27. The van der Waals surface area contributed by atoms with E-state index in [0.717, 1.165) is 70.6 Å². The molecule has 0 aliphatic heterocycles. The van der Waals surface area contributed by atoms with Crippen molar-refractivity contribution in [2.75, 3.05) is 47.5 Å². The van der Waals surface area contributed by atoms with Crippen molar-refractivity contribution in [1.82, 2.24) is 0 Å². The first kappa shape index (κ1) is 72.0. The van der Waals surface area contributed by atoms with Crippen molar-refractivity contribution in [3.05, 3.63) is 48.6 Å². The van der Waals surface area contributed by atoms with E-state index >= 15 is 0 Å². The van der Waals surface area contributed by atoms with Crippen LogP contribution in [0.3, 0.4) is 0 Å². The van der Waals surface area contributed by atoms with Crippen molar-refractivity contribution in [2.24, 2.45) is 0 Å². The molecule has 2 atom stereocenters. The lowest BCUT2D eigenvalue weighted by atomic mass is 10.0. The van der Waals surface area contributed by atoms with E-state index in [-0.39, 0.29) is 32.0 Å². The Morgan fingerprint density at radius 1 is 0.419 bits per heavy atom. The lowest BCUT2D eigenvalue weighted by Crippen LogP contribution is -2.37. The quantitative estimate of drug-likeness (QED) is 0.0211. The van der Waals surface area contributed by atoms with E-state index in [1.54, 1.807) is 0 Å². The number of nitrogens with zero attached hydrogens (tertiary/aromatic N) is 1. The molecule has 2 unspecified atom stereocenters. The molecule has 0 aromatic heterocycles. The van der Waals surface area contributed by atoms with Gasteiger partial charge in [-0.15, -0.1) is 0 Å². The standard InChI is InChI=1S/C64H120NO8P/c1-6-8-10-12-14-16-18-20-22-24-26-27-28-29-30-31-32-33-34-35-36-37-39-40-42-44-46-48-50-52-54-56-63(66)70-60-62(61-72-74(68,69)71-59-58-65(3,4)5)73-64(67)57-55-53-51-49-47-45-43-41-38-25-23-21-19-17-15-13-11-9-7-2/h15,17,21,23-24,26,38,41,62H,6-14,16,18-20,22,25,27-37,39-40,42-61H2,1-5H3/p+1/b17-15-,23-21-,26-24-,41-38-. The van der Waals surface area contributed by atoms with Crippen LogP contribution in [0.4, 0.5) is 0 Å². The topological polar surface area (TPSA) is 108 Å². The number of quaternary nitrogens is 1. The van der Waals surface area contributed by atoms with Gasteiger partial charge < -0.3 is 18.9 Å². The van der Waals surface area contributed by atoms with Crippen LogP contribution in [0.2, 0.25) is 0 Å². The number of rotatable bonds is 58. The largest absolute Gasteiger partial charge is 0.472 e. The molecule has 0 spiro atoms. The summed E-state index contributed by atoms with van der Waals surface area (Å²) in [6.45, 7) is 4.43. The molecule has 9 nitrogen and oxygen atoms in total. The van der Waals surface area contributed by atoms with E-state index in [0.29, 0.717) is 17.4 Å². The molecule has 0 fully saturated rings. The minimum Gasteiger partial charge on any atom is -0.462 e. The summed E-state index contributed by atoms with van der Waals surface area (Å²) in [4.78, 5) is 35.7. The van der Waals surface area contributed by atoms with Gasteiger partial charge in [-0.1, -0.05) is 255 Å².